The molecule has 2 atom stereocenters. The third-order valence-electron chi connectivity index (χ3n) is 4.94. The van der Waals surface area contributed by atoms with Crippen LogP contribution in [0.25, 0.3) is 0 Å². The Labute approximate surface area is 167 Å². The molecule has 1 aliphatic heterocycles. The van der Waals surface area contributed by atoms with Gasteiger partial charge in [-0.2, -0.15) is 5.26 Å². The molecule has 0 saturated carbocycles. The zero-order valence-corrected chi connectivity index (χ0v) is 16.9. The highest BCUT2D eigenvalue weighted by molar-refractivity contribution is 5.87. The molecule has 2 N–H and O–H groups in total. The van der Waals surface area contributed by atoms with Gasteiger partial charge in [0.25, 0.3) is 0 Å². The molecule has 7 heteroatoms. The average Bonchev–Trinajstić information content (AvgIpc) is 2.71. The first kappa shape index (κ1) is 21.5. The van der Waals surface area contributed by atoms with Gasteiger partial charge in [-0.05, 0) is 42.9 Å². The van der Waals surface area contributed by atoms with Gasteiger partial charge < -0.3 is 20.3 Å². The summed E-state index contributed by atoms with van der Waals surface area (Å²) in [7, 11) is 1.64. The molecule has 1 aliphatic rings. The molecule has 2 unspecified atom stereocenters. The lowest BCUT2D eigenvalue weighted by Gasteiger charge is -2.34. The third kappa shape index (κ3) is 6.15. The van der Waals surface area contributed by atoms with Crippen molar-refractivity contribution < 1.29 is 14.3 Å². The fourth-order valence-electron chi connectivity index (χ4n) is 3.52. The minimum Gasteiger partial charge on any atom is -0.497 e. The number of hydrogen-bond acceptors (Lipinski definition) is 4. The van der Waals surface area contributed by atoms with Gasteiger partial charge in [0.15, 0.2) is 0 Å². The molecule has 0 bridgehead atoms. The van der Waals surface area contributed by atoms with Crippen molar-refractivity contribution in [1.82, 2.24) is 15.5 Å². The maximum atomic E-state index is 12.8. The quantitative estimate of drug-likeness (QED) is 0.705. The number of piperidine rings is 1. The monoisotopic (exact) mass is 386 g/mol. The average molecular weight is 386 g/mol. The molecule has 1 aromatic rings. The number of methoxy groups -OCH3 is 1. The molecule has 2 rings (SSSR count). The Balaban J connectivity index is 2.02. The highest BCUT2D eigenvalue weighted by atomic mass is 16.5. The van der Waals surface area contributed by atoms with Gasteiger partial charge in [-0.25, -0.2) is 4.79 Å². The molecule has 1 fully saturated rings. The predicted octanol–water partition coefficient (Wildman–Crippen LogP) is 2.64. The first-order valence-corrected chi connectivity index (χ1v) is 9.78. The van der Waals surface area contributed by atoms with Crippen molar-refractivity contribution in [2.45, 2.75) is 45.1 Å². The Kier molecular flexibility index (Phi) is 8.12. The fourth-order valence-corrected chi connectivity index (χ4v) is 3.52. The second-order valence-corrected chi connectivity index (χ2v) is 7.57. The van der Waals surface area contributed by atoms with Crippen molar-refractivity contribution in [3.8, 4) is 11.8 Å². The van der Waals surface area contributed by atoms with Crippen LogP contribution in [0.3, 0.4) is 0 Å². The van der Waals surface area contributed by atoms with Gasteiger partial charge in [0.1, 0.15) is 18.3 Å². The van der Waals surface area contributed by atoms with Crippen molar-refractivity contribution >= 4 is 11.9 Å². The summed E-state index contributed by atoms with van der Waals surface area (Å²) in [6.07, 6.45) is 2.44. The smallest absolute Gasteiger partial charge is 0.318 e. The van der Waals surface area contributed by atoms with E-state index in [1.807, 2.05) is 38.1 Å². The highest BCUT2D eigenvalue weighted by Gasteiger charge is 2.28. The number of nitrogens with zero attached hydrogens (tertiary/aromatic N) is 2. The molecule has 7 nitrogen and oxygen atoms in total. The number of benzene rings is 1. The van der Waals surface area contributed by atoms with Gasteiger partial charge in [0.05, 0.1) is 13.2 Å². The molecular weight excluding hydrogens is 356 g/mol. The number of rotatable bonds is 7. The van der Waals surface area contributed by atoms with Gasteiger partial charge in [0, 0.05) is 19.0 Å². The van der Waals surface area contributed by atoms with E-state index in [4.69, 9.17) is 10.00 Å². The lowest BCUT2D eigenvalue weighted by atomic mass is 9.90. The Morgan fingerprint density at radius 1 is 1.39 bits per heavy atom. The number of likely N-dealkylation sites (tertiary alicyclic amines) is 1. The van der Waals surface area contributed by atoms with Crippen LogP contribution in [0.15, 0.2) is 24.3 Å². The Morgan fingerprint density at radius 3 is 2.86 bits per heavy atom. The maximum Gasteiger partial charge on any atom is 0.318 e. The molecule has 1 aromatic carbocycles. The lowest BCUT2D eigenvalue weighted by Crippen LogP contribution is -2.53. The summed E-state index contributed by atoms with van der Waals surface area (Å²) in [5.41, 5.74) is 1.15. The molecule has 0 radical (unpaired) electrons. The number of carbonyl (C=O) groups excluding carboxylic acids is 2. The number of nitrogens with one attached hydrogen (secondary N) is 2. The molecule has 28 heavy (non-hydrogen) atoms. The molecular formula is C21H30N4O3. The van der Waals surface area contributed by atoms with Crippen LogP contribution in [0, 0.1) is 17.2 Å². The van der Waals surface area contributed by atoms with Crippen molar-refractivity contribution in [3.63, 3.8) is 0 Å². The number of nitriles is 1. The molecule has 1 heterocycles. The largest absolute Gasteiger partial charge is 0.497 e. The summed E-state index contributed by atoms with van der Waals surface area (Å²) >= 11 is 0. The van der Waals surface area contributed by atoms with E-state index < -0.39 is 6.04 Å². The van der Waals surface area contributed by atoms with Gasteiger partial charge in [0.2, 0.25) is 5.91 Å². The van der Waals surface area contributed by atoms with Crippen molar-refractivity contribution in [2.24, 2.45) is 5.92 Å². The fraction of sp³-hybridized carbons (Fsp3) is 0.571. The summed E-state index contributed by atoms with van der Waals surface area (Å²) < 4.78 is 5.31. The van der Waals surface area contributed by atoms with Gasteiger partial charge >= 0.3 is 6.03 Å². The number of hydrogen-bond donors (Lipinski definition) is 2. The summed E-state index contributed by atoms with van der Waals surface area (Å²) in [6, 6.07) is 8.97. The molecule has 152 valence electrons. The van der Waals surface area contributed by atoms with Crippen LogP contribution in [-0.4, -0.2) is 49.6 Å². The zero-order valence-electron chi connectivity index (χ0n) is 16.9. The van der Waals surface area contributed by atoms with E-state index >= 15 is 0 Å². The SMILES string of the molecule is COc1cccc(C2CCCN(C(=O)NC(CC(C)C)C(=O)NCC#N)C2)c1. The first-order chi connectivity index (χ1) is 13.4. The van der Waals surface area contributed by atoms with E-state index in [2.05, 4.69) is 16.7 Å². The Hall–Kier alpha value is -2.75. The number of amides is 3. The molecule has 0 aromatic heterocycles. The summed E-state index contributed by atoms with van der Waals surface area (Å²) in [6.45, 7) is 5.20. The standard InChI is InChI=1S/C21H30N4O3/c1-15(2)12-19(20(26)23-10-9-22)24-21(27)25-11-5-7-17(14-25)16-6-4-8-18(13-16)28-3/h4,6,8,13,15,17,19H,5,7,10-12,14H2,1-3H3,(H,23,26)(H,24,27). The van der Waals surface area contributed by atoms with Crippen LogP contribution in [0.1, 0.15) is 44.6 Å². The lowest BCUT2D eigenvalue weighted by molar-refractivity contribution is -0.123. The molecule has 0 aliphatic carbocycles. The van der Waals surface area contributed by atoms with E-state index in [0.29, 0.717) is 19.5 Å². The van der Waals surface area contributed by atoms with E-state index in [9.17, 15) is 9.59 Å². The van der Waals surface area contributed by atoms with Crippen LogP contribution in [-0.2, 0) is 4.79 Å². The Morgan fingerprint density at radius 2 is 2.18 bits per heavy atom. The second kappa shape index (κ2) is 10.5. The highest BCUT2D eigenvalue weighted by Crippen LogP contribution is 2.29. The first-order valence-electron chi connectivity index (χ1n) is 9.78. The van der Waals surface area contributed by atoms with E-state index in [0.717, 1.165) is 24.2 Å². The normalized spacial score (nSPS) is 17.5. The van der Waals surface area contributed by atoms with Crippen LogP contribution >= 0.6 is 0 Å². The maximum absolute atomic E-state index is 12.8. The van der Waals surface area contributed by atoms with E-state index in [1.165, 1.54) is 0 Å². The molecule has 1 saturated heterocycles. The second-order valence-electron chi connectivity index (χ2n) is 7.57. The van der Waals surface area contributed by atoms with E-state index in [1.54, 1.807) is 12.0 Å². The number of urea groups is 1. The van der Waals surface area contributed by atoms with Crippen LogP contribution in [0.5, 0.6) is 5.75 Å². The molecule has 0 spiro atoms. The van der Waals surface area contributed by atoms with Gasteiger partial charge in [-0.1, -0.05) is 26.0 Å². The van der Waals surface area contributed by atoms with Gasteiger partial charge in [-0.3, -0.25) is 4.79 Å². The minimum atomic E-state index is -0.641. The van der Waals surface area contributed by atoms with Crippen LogP contribution in [0.4, 0.5) is 4.79 Å². The summed E-state index contributed by atoms with van der Waals surface area (Å²) in [4.78, 5) is 26.9. The van der Waals surface area contributed by atoms with Crippen LogP contribution < -0.4 is 15.4 Å². The third-order valence-corrected chi connectivity index (χ3v) is 4.94. The number of ether oxygens (including phenoxy) is 1. The van der Waals surface area contributed by atoms with Crippen molar-refractivity contribution in [1.29, 1.82) is 5.26 Å². The van der Waals surface area contributed by atoms with Crippen molar-refractivity contribution in [2.75, 3.05) is 26.7 Å². The van der Waals surface area contributed by atoms with E-state index in [-0.39, 0.29) is 30.3 Å². The summed E-state index contributed by atoms with van der Waals surface area (Å²) in [5.74, 6) is 0.977. The minimum absolute atomic E-state index is 0.0646. The molecule has 3 amide bonds. The number of carbonyl (C=O) groups is 2. The van der Waals surface area contributed by atoms with Crippen LogP contribution in [0.2, 0.25) is 0 Å². The van der Waals surface area contributed by atoms with Crippen molar-refractivity contribution in [3.05, 3.63) is 29.8 Å². The summed E-state index contributed by atoms with van der Waals surface area (Å²) in [5, 5.41) is 14.1. The topological polar surface area (TPSA) is 94.5 Å². The Bertz CT molecular complexity index is 714. The van der Waals surface area contributed by atoms with Gasteiger partial charge in [-0.15, -0.1) is 0 Å². The zero-order chi connectivity index (χ0) is 20.5. The predicted molar refractivity (Wildman–Crippen MR) is 107 cm³/mol.